The molecule has 0 bridgehead atoms. The topological polar surface area (TPSA) is 66.7 Å². The van der Waals surface area contributed by atoms with Crippen LogP contribution >= 0.6 is 11.8 Å². The average molecular weight is 471 g/mol. The second-order valence-electron chi connectivity index (χ2n) is 7.98. The summed E-state index contributed by atoms with van der Waals surface area (Å²) in [5.74, 6) is 2.46. The van der Waals surface area contributed by atoms with Gasteiger partial charge in [-0.05, 0) is 42.3 Å². The Morgan fingerprint density at radius 3 is 2.41 bits per heavy atom. The number of aromatic nitrogens is 2. The number of methoxy groups -OCH3 is 1. The van der Waals surface area contributed by atoms with Crippen LogP contribution in [-0.4, -0.2) is 27.7 Å². The minimum Gasteiger partial charge on any atom is -0.497 e. The van der Waals surface area contributed by atoms with Gasteiger partial charge in [-0.1, -0.05) is 60.2 Å². The van der Waals surface area contributed by atoms with E-state index in [0.717, 1.165) is 39.2 Å². The van der Waals surface area contributed by atoms with Crippen LogP contribution in [0.25, 0.3) is 5.69 Å². The van der Waals surface area contributed by atoms with Gasteiger partial charge < -0.3 is 4.74 Å². The highest BCUT2D eigenvalue weighted by molar-refractivity contribution is 7.98. The first-order valence-corrected chi connectivity index (χ1v) is 12.0. The van der Waals surface area contributed by atoms with E-state index in [4.69, 9.17) is 9.84 Å². The molecule has 0 atom stereocenters. The predicted molar refractivity (Wildman–Crippen MR) is 136 cm³/mol. The Hall–Kier alpha value is -3.75. The molecule has 5 rings (SSSR count). The molecule has 0 spiro atoms. The molecule has 1 aliphatic rings. The van der Waals surface area contributed by atoms with Gasteiger partial charge in [-0.3, -0.25) is 5.01 Å². The molecule has 0 aliphatic carbocycles. The molecule has 4 aromatic rings. The van der Waals surface area contributed by atoms with Crippen molar-refractivity contribution in [3.8, 4) is 11.4 Å². The van der Waals surface area contributed by atoms with E-state index in [1.165, 1.54) is 11.1 Å². The van der Waals surface area contributed by atoms with Crippen molar-refractivity contribution in [3.05, 3.63) is 107 Å². The highest BCUT2D eigenvalue weighted by Crippen LogP contribution is 2.30. The van der Waals surface area contributed by atoms with Gasteiger partial charge in [0.15, 0.2) is 5.84 Å². The maximum Gasteiger partial charge on any atom is 0.177 e. The fraction of sp³-hybridized carbons (Fsp3) is 0.154. The zero-order chi connectivity index (χ0) is 23.3. The van der Waals surface area contributed by atoms with Crippen LogP contribution < -0.4 is 15.8 Å². The van der Waals surface area contributed by atoms with Crippen LogP contribution in [0.3, 0.4) is 0 Å². The normalized spacial score (nSPS) is 13.0. The number of nitrogens with zero attached hydrogens (tertiary/aromatic N) is 4. The summed E-state index contributed by atoms with van der Waals surface area (Å²) in [5, 5.41) is 12.3. The van der Waals surface area contributed by atoms with E-state index in [0.29, 0.717) is 6.54 Å². The number of rotatable bonds is 8. The van der Waals surface area contributed by atoms with E-state index in [1.807, 2.05) is 34.1 Å². The summed E-state index contributed by atoms with van der Waals surface area (Å²) in [6, 6.07) is 26.9. The van der Waals surface area contributed by atoms with E-state index in [1.54, 1.807) is 18.9 Å². The van der Waals surface area contributed by atoms with Crippen molar-refractivity contribution in [2.45, 2.75) is 24.2 Å². The number of benzene rings is 3. The molecule has 172 valence electrons. The zero-order valence-electron chi connectivity index (χ0n) is 19.1. The lowest BCUT2D eigenvalue weighted by Gasteiger charge is -2.19. The summed E-state index contributed by atoms with van der Waals surface area (Å²) >= 11 is 1.75. The van der Waals surface area contributed by atoms with Crippen molar-refractivity contribution in [3.63, 3.8) is 0 Å². The molecule has 0 saturated heterocycles. The molecule has 34 heavy (non-hydrogen) atoms. The monoisotopic (exact) mass is 470 g/mol. The summed E-state index contributed by atoms with van der Waals surface area (Å²) in [6.45, 7) is 2.72. The summed E-state index contributed by atoms with van der Waals surface area (Å²) < 4.78 is 7.28. The molecular formula is C26H26N6OS. The third-order valence-corrected chi connectivity index (χ3v) is 6.71. The highest BCUT2D eigenvalue weighted by atomic mass is 32.2. The van der Waals surface area contributed by atoms with E-state index in [9.17, 15) is 0 Å². The molecule has 1 aliphatic heterocycles. The van der Waals surface area contributed by atoms with Gasteiger partial charge in [0, 0.05) is 5.75 Å². The molecule has 2 heterocycles. The van der Waals surface area contributed by atoms with Gasteiger partial charge >= 0.3 is 0 Å². The van der Waals surface area contributed by atoms with Crippen LogP contribution in [0.5, 0.6) is 5.75 Å². The zero-order valence-corrected chi connectivity index (χ0v) is 19.9. The first-order valence-electron chi connectivity index (χ1n) is 11.0. The SMILES string of the molecule is COc1ccc(CN2NNN=C2c2cnn(-c3ccc(C)cc3)c2SCc2ccccc2)cc1. The predicted octanol–water partition coefficient (Wildman–Crippen LogP) is 4.67. The first kappa shape index (κ1) is 22.1. The van der Waals surface area contributed by atoms with Gasteiger partial charge in [-0.2, -0.15) is 5.10 Å². The molecule has 0 unspecified atom stereocenters. The van der Waals surface area contributed by atoms with Crippen molar-refractivity contribution in [1.29, 1.82) is 0 Å². The number of hydrazone groups is 1. The van der Waals surface area contributed by atoms with Gasteiger partial charge in [0.1, 0.15) is 10.8 Å². The van der Waals surface area contributed by atoms with Gasteiger partial charge in [0.25, 0.3) is 0 Å². The minimum atomic E-state index is 0.633. The quantitative estimate of drug-likeness (QED) is 0.365. The first-order chi connectivity index (χ1) is 16.7. The molecule has 7 nitrogen and oxygen atoms in total. The van der Waals surface area contributed by atoms with Crippen LogP contribution in [0.2, 0.25) is 0 Å². The van der Waals surface area contributed by atoms with E-state index >= 15 is 0 Å². The van der Waals surface area contributed by atoms with Gasteiger partial charge in [0.05, 0.1) is 31.1 Å². The van der Waals surface area contributed by atoms with Crippen LogP contribution in [-0.2, 0) is 12.3 Å². The number of hydrogen-bond donors (Lipinski definition) is 2. The van der Waals surface area contributed by atoms with Crippen LogP contribution in [0.4, 0.5) is 0 Å². The Morgan fingerprint density at radius 2 is 1.68 bits per heavy atom. The molecule has 0 amide bonds. The highest BCUT2D eigenvalue weighted by Gasteiger charge is 2.25. The maximum absolute atomic E-state index is 5.28. The van der Waals surface area contributed by atoms with Crippen LogP contribution in [0, 0.1) is 6.92 Å². The molecule has 0 radical (unpaired) electrons. The van der Waals surface area contributed by atoms with Gasteiger partial charge in [-0.15, -0.1) is 22.4 Å². The van der Waals surface area contributed by atoms with Crippen molar-refractivity contribution in [2.75, 3.05) is 7.11 Å². The van der Waals surface area contributed by atoms with E-state index in [-0.39, 0.29) is 0 Å². The fourth-order valence-electron chi connectivity index (χ4n) is 3.71. The third-order valence-electron chi connectivity index (χ3n) is 5.57. The number of nitrogens with one attached hydrogen (secondary N) is 2. The Bertz CT molecular complexity index is 1270. The molecule has 3 aromatic carbocycles. The standard InChI is InChI=1S/C26H26N6OS/c1-19-8-12-22(13-9-19)32-26(34-18-21-6-4-3-5-7-21)24(16-27-32)25-28-29-30-31(25)17-20-10-14-23(33-2)15-11-20/h3-16,29-30H,17-18H2,1-2H3. The number of thioether (sulfide) groups is 1. The van der Waals surface area contributed by atoms with Gasteiger partial charge in [0.2, 0.25) is 0 Å². The van der Waals surface area contributed by atoms with Crippen molar-refractivity contribution in [2.24, 2.45) is 5.10 Å². The van der Waals surface area contributed by atoms with Gasteiger partial charge in [-0.25, -0.2) is 10.2 Å². The number of hydrogen-bond acceptors (Lipinski definition) is 7. The second kappa shape index (κ2) is 10.0. The van der Waals surface area contributed by atoms with E-state index < -0.39 is 0 Å². The number of ether oxygens (including phenoxy) is 1. The Labute approximate surface area is 203 Å². The molecule has 0 saturated carbocycles. The largest absolute Gasteiger partial charge is 0.497 e. The summed E-state index contributed by atoms with van der Waals surface area (Å²) in [7, 11) is 1.67. The van der Waals surface area contributed by atoms with Crippen LogP contribution in [0.15, 0.2) is 95.2 Å². The molecule has 0 fully saturated rings. The summed E-state index contributed by atoms with van der Waals surface area (Å²) in [6.07, 6.45) is 1.89. The lowest BCUT2D eigenvalue weighted by atomic mass is 10.2. The smallest absolute Gasteiger partial charge is 0.177 e. The molecule has 2 N–H and O–H groups in total. The van der Waals surface area contributed by atoms with Crippen molar-refractivity contribution < 1.29 is 4.74 Å². The molecular weight excluding hydrogens is 444 g/mol. The molecule has 1 aromatic heterocycles. The number of hydrazine groups is 2. The Morgan fingerprint density at radius 1 is 0.912 bits per heavy atom. The molecule has 8 heteroatoms. The minimum absolute atomic E-state index is 0.633. The Balaban J connectivity index is 1.46. The average Bonchev–Trinajstić information content (AvgIpc) is 3.51. The summed E-state index contributed by atoms with van der Waals surface area (Å²) in [4.78, 5) is 0. The maximum atomic E-state index is 5.28. The second-order valence-corrected chi connectivity index (χ2v) is 8.94. The Kier molecular flexibility index (Phi) is 6.51. The fourth-order valence-corrected chi connectivity index (χ4v) is 4.78. The third kappa shape index (κ3) is 4.78. The number of amidine groups is 1. The van der Waals surface area contributed by atoms with Crippen molar-refractivity contribution in [1.82, 2.24) is 25.9 Å². The summed E-state index contributed by atoms with van der Waals surface area (Å²) in [5.41, 5.74) is 11.7. The number of aryl methyl sites for hydroxylation is 1. The lowest BCUT2D eigenvalue weighted by Crippen LogP contribution is -2.40. The van der Waals surface area contributed by atoms with E-state index in [2.05, 4.69) is 83.8 Å². The van der Waals surface area contributed by atoms with Crippen molar-refractivity contribution >= 4 is 17.6 Å². The van der Waals surface area contributed by atoms with Crippen LogP contribution in [0.1, 0.15) is 22.3 Å². The lowest BCUT2D eigenvalue weighted by molar-refractivity contribution is 0.287.